The monoisotopic (exact) mass is 379 g/mol. The molecule has 0 aromatic heterocycles. The Morgan fingerprint density at radius 1 is 0.857 bits per heavy atom. The van der Waals surface area contributed by atoms with Crippen LogP contribution in [0.15, 0.2) is 48.5 Å². The van der Waals surface area contributed by atoms with E-state index in [0.717, 1.165) is 17.7 Å². The van der Waals surface area contributed by atoms with Crippen molar-refractivity contribution < 1.29 is 14.4 Å². The standard InChI is InChI=1S/C22H25N3O3/c1-3-17-6-4-5-7-20(17)23-21(27)18-8-10-19(11-9-18)22(28)25-14-12-24(13-15-25)16(2)26/h4-11H,3,12-15H2,1-2H3,(H,23,27). The Morgan fingerprint density at radius 2 is 1.43 bits per heavy atom. The molecule has 1 heterocycles. The molecular weight excluding hydrogens is 354 g/mol. The number of hydrogen-bond donors (Lipinski definition) is 1. The average Bonchev–Trinajstić information content (AvgIpc) is 2.73. The summed E-state index contributed by atoms with van der Waals surface area (Å²) in [7, 11) is 0. The molecule has 0 bridgehead atoms. The van der Waals surface area contributed by atoms with Gasteiger partial charge in [0.05, 0.1) is 0 Å². The third-order valence-corrected chi connectivity index (χ3v) is 5.05. The van der Waals surface area contributed by atoms with Crippen LogP contribution in [-0.2, 0) is 11.2 Å². The summed E-state index contributed by atoms with van der Waals surface area (Å²) in [5.74, 6) is -0.242. The van der Waals surface area contributed by atoms with Crippen molar-refractivity contribution in [1.82, 2.24) is 9.80 Å². The second kappa shape index (κ2) is 8.69. The van der Waals surface area contributed by atoms with Gasteiger partial charge in [0, 0.05) is 49.9 Å². The van der Waals surface area contributed by atoms with Gasteiger partial charge in [-0.2, -0.15) is 0 Å². The highest BCUT2D eigenvalue weighted by molar-refractivity contribution is 6.05. The molecular formula is C22H25N3O3. The molecule has 146 valence electrons. The van der Waals surface area contributed by atoms with E-state index >= 15 is 0 Å². The summed E-state index contributed by atoms with van der Waals surface area (Å²) in [5.41, 5.74) is 2.93. The number of piperazine rings is 1. The molecule has 2 aromatic rings. The van der Waals surface area contributed by atoms with Crippen LogP contribution in [0.5, 0.6) is 0 Å². The van der Waals surface area contributed by atoms with Gasteiger partial charge in [-0.3, -0.25) is 14.4 Å². The lowest BCUT2D eigenvalue weighted by molar-refractivity contribution is -0.130. The van der Waals surface area contributed by atoms with E-state index in [9.17, 15) is 14.4 Å². The van der Waals surface area contributed by atoms with Crippen LogP contribution in [0.25, 0.3) is 0 Å². The fourth-order valence-electron chi connectivity index (χ4n) is 3.32. The van der Waals surface area contributed by atoms with Crippen LogP contribution >= 0.6 is 0 Å². The highest BCUT2D eigenvalue weighted by Gasteiger charge is 2.23. The van der Waals surface area contributed by atoms with E-state index in [1.54, 1.807) is 41.0 Å². The largest absolute Gasteiger partial charge is 0.339 e. The Labute approximate surface area is 165 Å². The maximum absolute atomic E-state index is 12.7. The summed E-state index contributed by atoms with van der Waals surface area (Å²) in [6.07, 6.45) is 0.834. The van der Waals surface area contributed by atoms with Crippen molar-refractivity contribution in [3.8, 4) is 0 Å². The van der Waals surface area contributed by atoms with Gasteiger partial charge >= 0.3 is 0 Å². The number of rotatable bonds is 4. The van der Waals surface area contributed by atoms with Crippen LogP contribution in [0.1, 0.15) is 40.1 Å². The lowest BCUT2D eigenvalue weighted by Crippen LogP contribution is -2.50. The van der Waals surface area contributed by atoms with Crippen molar-refractivity contribution in [2.75, 3.05) is 31.5 Å². The van der Waals surface area contributed by atoms with E-state index in [-0.39, 0.29) is 17.7 Å². The average molecular weight is 379 g/mol. The molecule has 28 heavy (non-hydrogen) atoms. The van der Waals surface area contributed by atoms with Gasteiger partial charge < -0.3 is 15.1 Å². The molecule has 2 aromatic carbocycles. The van der Waals surface area contributed by atoms with Crippen molar-refractivity contribution in [2.24, 2.45) is 0 Å². The van der Waals surface area contributed by atoms with Gasteiger partial charge in [-0.25, -0.2) is 0 Å². The Bertz CT molecular complexity index is 869. The molecule has 0 aliphatic carbocycles. The molecule has 1 saturated heterocycles. The number of para-hydroxylation sites is 1. The Morgan fingerprint density at radius 3 is 2.04 bits per heavy atom. The number of nitrogens with zero attached hydrogens (tertiary/aromatic N) is 2. The zero-order chi connectivity index (χ0) is 20.1. The zero-order valence-corrected chi connectivity index (χ0v) is 16.3. The minimum absolute atomic E-state index is 0.0344. The van der Waals surface area contributed by atoms with Crippen LogP contribution in [0.3, 0.4) is 0 Å². The molecule has 1 aliphatic rings. The third kappa shape index (κ3) is 4.39. The summed E-state index contributed by atoms with van der Waals surface area (Å²) in [6, 6.07) is 14.4. The summed E-state index contributed by atoms with van der Waals surface area (Å²) >= 11 is 0. The number of amides is 3. The highest BCUT2D eigenvalue weighted by atomic mass is 16.2. The number of hydrogen-bond acceptors (Lipinski definition) is 3. The predicted molar refractivity (Wildman–Crippen MR) is 108 cm³/mol. The smallest absolute Gasteiger partial charge is 0.255 e. The summed E-state index contributed by atoms with van der Waals surface area (Å²) < 4.78 is 0. The molecule has 3 amide bonds. The van der Waals surface area contributed by atoms with E-state index in [1.807, 2.05) is 31.2 Å². The molecule has 0 unspecified atom stereocenters. The predicted octanol–water partition coefficient (Wildman–Crippen LogP) is 2.81. The third-order valence-electron chi connectivity index (χ3n) is 5.05. The Hall–Kier alpha value is -3.15. The minimum Gasteiger partial charge on any atom is -0.339 e. The van der Waals surface area contributed by atoms with E-state index < -0.39 is 0 Å². The van der Waals surface area contributed by atoms with Crippen molar-refractivity contribution in [1.29, 1.82) is 0 Å². The number of carbonyl (C=O) groups excluding carboxylic acids is 3. The minimum atomic E-state index is -0.199. The molecule has 1 fully saturated rings. The molecule has 0 atom stereocenters. The van der Waals surface area contributed by atoms with Crippen LogP contribution in [0.4, 0.5) is 5.69 Å². The summed E-state index contributed by atoms with van der Waals surface area (Å²) in [5, 5.41) is 2.93. The van der Waals surface area contributed by atoms with Gasteiger partial charge in [0.2, 0.25) is 5.91 Å². The first-order valence-electron chi connectivity index (χ1n) is 9.53. The van der Waals surface area contributed by atoms with Gasteiger partial charge in [0.1, 0.15) is 0 Å². The molecule has 0 radical (unpaired) electrons. The molecule has 6 heteroatoms. The Kier molecular flexibility index (Phi) is 6.09. The lowest BCUT2D eigenvalue weighted by atomic mass is 10.1. The number of benzene rings is 2. The van der Waals surface area contributed by atoms with Crippen LogP contribution in [-0.4, -0.2) is 53.7 Å². The van der Waals surface area contributed by atoms with E-state index in [1.165, 1.54) is 0 Å². The second-order valence-electron chi connectivity index (χ2n) is 6.84. The van der Waals surface area contributed by atoms with E-state index in [0.29, 0.717) is 37.3 Å². The molecule has 0 saturated carbocycles. The van der Waals surface area contributed by atoms with Gasteiger partial charge in [0.15, 0.2) is 0 Å². The Balaban J connectivity index is 1.64. The topological polar surface area (TPSA) is 69.7 Å². The van der Waals surface area contributed by atoms with Gasteiger partial charge in [-0.15, -0.1) is 0 Å². The molecule has 1 N–H and O–H groups in total. The highest BCUT2D eigenvalue weighted by Crippen LogP contribution is 2.17. The lowest BCUT2D eigenvalue weighted by Gasteiger charge is -2.34. The van der Waals surface area contributed by atoms with Gasteiger partial charge in [-0.05, 0) is 42.3 Å². The summed E-state index contributed by atoms with van der Waals surface area (Å²) in [4.78, 5) is 40.1. The van der Waals surface area contributed by atoms with Crippen LogP contribution in [0, 0.1) is 0 Å². The molecule has 1 aliphatic heterocycles. The first-order valence-corrected chi connectivity index (χ1v) is 9.53. The normalized spacial score (nSPS) is 13.9. The van der Waals surface area contributed by atoms with Crippen molar-refractivity contribution >= 4 is 23.4 Å². The van der Waals surface area contributed by atoms with Gasteiger partial charge in [0.25, 0.3) is 11.8 Å². The number of aryl methyl sites for hydroxylation is 1. The van der Waals surface area contributed by atoms with Crippen LogP contribution < -0.4 is 5.32 Å². The fraction of sp³-hybridized carbons (Fsp3) is 0.318. The zero-order valence-electron chi connectivity index (χ0n) is 16.3. The van der Waals surface area contributed by atoms with E-state index in [4.69, 9.17) is 0 Å². The molecule has 6 nitrogen and oxygen atoms in total. The SMILES string of the molecule is CCc1ccccc1NC(=O)c1ccc(C(=O)N2CCN(C(C)=O)CC2)cc1. The first-order chi connectivity index (χ1) is 13.5. The van der Waals surface area contributed by atoms with Crippen LogP contribution in [0.2, 0.25) is 0 Å². The second-order valence-corrected chi connectivity index (χ2v) is 6.84. The molecule has 3 rings (SSSR count). The number of anilines is 1. The number of carbonyl (C=O) groups is 3. The van der Waals surface area contributed by atoms with Crippen molar-refractivity contribution in [2.45, 2.75) is 20.3 Å². The first kappa shape index (κ1) is 19.6. The quantitative estimate of drug-likeness (QED) is 0.888. The molecule has 0 spiro atoms. The van der Waals surface area contributed by atoms with E-state index in [2.05, 4.69) is 5.32 Å². The van der Waals surface area contributed by atoms with Crippen molar-refractivity contribution in [3.63, 3.8) is 0 Å². The van der Waals surface area contributed by atoms with Gasteiger partial charge in [-0.1, -0.05) is 25.1 Å². The summed E-state index contributed by atoms with van der Waals surface area (Å²) in [6.45, 7) is 5.74. The number of nitrogens with one attached hydrogen (secondary N) is 1. The maximum Gasteiger partial charge on any atom is 0.255 e. The van der Waals surface area contributed by atoms with Crippen molar-refractivity contribution in [3.05, 3.63) is 65.2 Å². The fourth-order valence-corrected chi connectivity index (χ4v) is 3.32. The maximum atomic E-state index is 12.7.